The third kappa shape index (κ3) is 6.35. The molecule has 54 heavy (non-hydrogen) atoms. The molecule has 0 N–H and O–H groups in total. The molecule has 9 rings (SSSR count). The summed E-state index contributed by atoms with van der Waals surface area (Å²) < 4.78 is 0. The Balaban J connectivity index is 1.05. The van der Waals surface area contributed by atoms with Crippen LogP contribution in [0.4, 0.5) is 17.1 Å². The van der Waals surface area contributed by atoms with Gasteiger partial charge in [0, 0.05) is 22.5 Å². The molecule has 0 fully saturated rings. The fourth-order valence-electron chi connectivity index (χ4n) is 7.77. The molecule has 1 heteroatoms. The van der Waals surface area contributed by atoms with Crippen molar-refractivity contribution in [2.45, 2.75) is 19.3 Å². The van der Waals surface area contributed by atoms with E-state index >= 15 is 0 Å². The minimum absolute atomic E-state index is 0.182. The van der Waals surface area contributed by atoms with Crippen LogP contribution in [0.2, 0.25) is 0 Å². The highest BCUT2D eigenvalue weighted by Crippen LogP contribution is 2.40. The van der Waals surface area contributed by atoms with Crippen molar-refractivity contribution in [2.75, 3.05) is 4.90 Å². The van der Waals surface area contributed by atoms with E-state index in [9.17, 15) is 0 Å². The van der Waals surface area contributed by atoms with E-state index < -0.39 is 0 Å². The molecular weight excluding hydrogens is 651 g/mol. The number of benzene rings is 9. The summed E-state index contributed by atoms with van der Waals surface area (Å²) in [6.45, 7) is 4.66. The third-order valence-electron chi connectivity index (χ3n) is 11.0. The van der Waals surface area contributed by atoms with E-state index in [-0.39, 0.29) is 5.41 Å². The lowest BCUT2D eigenvalue weighted by atomic mass is 9.77. The van der Waals surface area contributed by atoms with Crippen LogP contribution in [0.15, 0.2) is 212 Å². The molecule has 0 aliphatic rings. The molecule has 9 aromatic carbocycles. The summed E-state index contributed by atoms with van der Waals surface area (Å²) in [4.78, 5) is 2.36. The zero-order valence-corrected chi connectivity index (χ0v) is 30.7. The molecule has 0 spiro atoms. The Bertz CT molecular complexity index is 2670. The maximum Gasteiger partial charge on any atom is 0.0462 e. The van der Waals surface area contributed by atoms with Gasteiger partial charge in [-0.25, -0.2) is 0 Å². The molecule has 0 aliphatic carbocycles. The molecule has 0 atom stereocenters. The maximum absolute atomic E-state index is 2.37. The van der Waals surface area contributed by atoms with Gasteiger partial charge in [-0.05, 0) is 102 Å². The average molecular weight is 692 g/mol. The molecule has 1 nitrogen and oxygen atoms in total. The Morgan fingerprint density at radius 2 is 0.667 bits per heavy atom. The third-order valence-corrected chi connectivity index (χ3v) is 11.0. The van der Waals surface area contributed by atoms with Gasteiger partial charge in [-0.3, -0.25) is 0 Å². The van der Waals surface area contributed by atoms with E-state index in [2.05, 4.69) is 231 Å². The molecule has 0 heterocycles. The van der Waals surface area contributed by atoms with Crippen molar-refractivity contribution in [3.8, 4) is 33.4 Å². The zero-order chi connectivity index (χ0) is 36.5. The highest BCUT2D eigenvalue weighted by molar-refractivity contribution is 6.07. The lowest BCUT2D eigenvalue weighted by molar-refractivity contribution is 0.642. The van der Waals surface area contributed by atoms with E-state index in [1.54, 1.807) is 0 Å². The first-order valence-electron chi connectivity index (χ1n) is 18.8. The predicted octanol–water partition coefficient (Wildman–Crippen LogP) is 14.8. The van der Waals surface area contributed by atoms with E-state index in [1.807, 2.05) is 0 Å². The Morgan fingerprint density at radius 1 is 0.296 bits per heavy atom. The van der Waals surface area contributed by atoms with Crippen LogP contribution in [0.5, 0.6) is 0 Å². The summed E-state index contributed by atoms with van der Waals surface area (Å²) in [6.07, 6.45) is 0. The number of fused-ring (bicyclic) bond motifs is 3. The molecule has 0 aromatic heterocycles. The molecule has 0 radical (unpaired) electrons. The first kappa shape index (κ1) is 33.2. The topological polar surface area (TPSA) is 3.24 Å². The lowest BCUT2D eigenvalue weighted by Gasteiger charge is -2.29. The van der Waals surface area contributed by atoms with Gasteiger partial charge in [0.25, 0.3) is 0 Å². The van der Waals surface area contributed by atoms with E-state index in [1.165, 1.54) is 66.1 Å². The minimum Gasteiger partial charge on any atom is -0.311 e. The monoisotopic (exact) mass is 691 g/mol. The number of anilines is 3. The molecule has 0 amide bonds. The predicted molar refractivity (Wildman–Crippen MR) is 231 cm³/mol. The van der Waals surface area contributed by atoms with Gasteiger partial charge in [0.1, 0.15) is 0 Å². The van der Waals surface area contributed by atoms with Crippen molar-refractivity contribution < 1.29 is 0 Å². The molecule has 0 saturated carbocycles. The Labute approximate surface area is 318 Å². The number of rotatable bonds is 8. The normalized spacial score (nSPS) is 11.5. The van der Waals surface area contributed by atoms with Gasteiger partial charge in [0.2, 0.25) is 0 Å². The lowest BCUT2D eigenvalue weighted by Crippen LogP contribution is -2.19. The summed E-state index contributed by atoms with van der Waals surface area (Å²) in [5, 5.41) is 5.15. The van der Waals surface area contributed by atoms with Crippen molar-refractivity contribution in [3.63, 3.8) is 0 Å². The second kappa shape index (κ2) is 14.0. The van der Waals surface area contributed by atoms with Crippen LogP contribution in [0.3, 0.4) is 0 Å². The number of hydrogen-bond donors (Lipinski definition) is 0. The van der Waals surface area contributed by atoms with E-state index in [0.29, 0.717) is 0 Å². The molecule has 9 aromatic rings. The summed E-state index contributed by atoms with van der Waals surface area (Å²) in [5.74, 6) is 0. The van der Waals surface area contributed by atoms with Crippen LogP contribution in [0, 0.1) is 0 Å². The number of nitrogens with zero attached hydrogens (tertiary/aromatic N) is 1. The van der Waals surface area contributed by atoms with Gasteiger partial charge in [-0.15, -0.1) is 0 Å². The summed E-state index contributed by atoms with van der Waals surface area (Å²) in [5.41, 5.74) is 13.0. The first-order chi connectivity index (χ1) is 26.5. The highest BCUT2D eigenvalue weighted by Gasteiger charge is 2.24. The van der Waals surface area contributed by atoms with Gasteiger partial charge in [-0.1, -0.05) is 190 Å². The van der Waals surface area contributed by atoms with Crippen LogP contribution < -0.4 is 4.90 Å². The largest absolute Gasteiger partial charge is 0.311 e. The van der Waals surface area contributed by atoms with Crippen LogP contribution >= 0.6 is 0 Å². The zero-order valence-electron chi connectivity index (χ0n) is 30.7. The molecule has 258 valence electrons. The second-order valence-corrected chi connectivity index (χ2v) is 14.6. The fraction of sp³-hybridized carbons (Fsp3) is 0.0566. The molecule has 0 aliphatic heterocycles. The van der Waals surface area contributed by atoms with Crippen LogP contribution in [0.25, 0.3) is 54.9 Å². The molecule has 0 unspecified atom stereocenters. The van der Waals surface area contributed by atoms with Crippen molar-refractivity contribution in [1.82, 2.24) is 0 Å². The first-order valence-corrected chi connectivity index (χ1v) is 18.8. The van der Waals surface area contributed by atoms with Crippen LogP contribution in [0.1, 0.15) is 25.0 Å². The Hall–Kier alpha value is -6.70. The maximum atomic E-state index is 2.37. The van der Waals surface area contributed by atoms with Crippen molar-refractivity contribution in [2.24, 2.45) is 0 Å². The standard InChI is InChI=1S/C53H41N/c1-53(2,47-29-36-52-45(37-47)22-21-44-15-9-10-16-51(44)52)46-27-34-50(35-28-46)54(48-30-23-42(24-31-48)39-13-7-4-8-14-39)49-32-25-43(26-33-49)41-19-17-40(18-20-41)38-11-5-3-6-12-38/h3-37H,1-2H3. The molecule has 0 saturated heterocycles. The highest BCUT2D eigenvalue weighted by atomic mass is 15.1. The average Bonchev–Trinajstić information content (AvgIpc) is 3.25. The van der Waals surface area contributed by atoms with Crippen LogP contribution in [-0.4, -0.2) is 0 Å². The minimum atomic E-state index is -0.182. The van der Waals surface area contributed by atoms with E-state index in [0.717, 1.165) is 17.1 Å². The summed E-state index contributed by atoms with van der Waals surface area (Å²) in [7, 11) is 0. The number of hydrogen-bond acceptors (Lipinski definition) is 1. The Morgan fingerprint density at radius 3 is 1.19 bits per heavy atom. The SMILES string of the molecule is CC(C)(c1ccc(N(c2ccc(-c3ccccc3)cc2)c2ccc(-c3ccc(-c4ccccc4)cc3)cc2)cc1)c1ccc2c(ccc3ccccc32)c1. The van der Waals surface area contributed by atoms with E-state index in [4.69, 9.17) is 0 Å². The van der Waals surface area contributed by atoms with Gasteiger partial charge in [0.15, 0.2) is 0 Å². The quantitative estimate of drug-likeness (QED) is 0.143. The van der Waals surface area contributed by atoms with Crippen molar-refractivity contribution in [1.29, 1.82) is 0 Å². The smallest absolute Gasteiger partial charge is 0.0462 e. The second-order valence-electron chi connectivity index (χ2n) is 14.6. The van der Waals surface area contributed by atoms with Crippen molar-refractivity contribution >= 4 is 38.6 Å². The van der Waals surface area contributed by atoms with Gasteiger partial charge < -0.3 is 4.90 Å². The van der Waals surface area contributed by atoms with Gasteiger partial charge >= 0.3 is 0 Å². The Kier molecular flexibility index (Phi) is 8.61. The van der Waals surface area contributed by atoms with Crippen molar-refractivity contribution in [3.05, 3.63) is 223 Å². The van der Waals surface area contributed by atoms with Gasteiger partial charge in [-0.2, -0.15) is 0 Å². The molecule has 0 bridgehead atoms. The van der Waals surface area contributed by atoms with Gasteiger partial charge in [0.05, 0.1) is 0 Å². The van der Waals surface area contributed by atoms with Crippen LogP contribution in [-0.2, 0) is 5.41 Å². The molecular formula is C53H41N. The summed E-state index contributed by atoms with van der Waals surface area (Å²) in [6, 6.07) is 77.1. The fourth-order valence-corrected chi connectivity index (χ4v) is 7.77. The summed E-state index contributed by atoms with van der Waals surface area (Å²) >= 11 is 0.